The second kappa shape index (κ2) is 7.69. The number of hydrogen-bond donors (Lipinski definition) is 1. The lowest BCUT2D eigenvalue weighted by Gasteiger charge is -2.10. The van der Waals surface area contributed by atoms with E-state index in [0.29, 0.717) is 17.4 Å². The zero-order valence-electron chi connectivity index (χ0n) is 14.8. The van der Waals surface area contributed by atoms with E-state index < -0.39 is 5.91 Å². The van der Waals surface area contributed by atoms with Crippen molar-refractivity contribution in [2.45, 2.75) is 13.5 Å². The molecule has 0 aliphatic rings. The number of amides is 1. The maximum absolute atomic E-state index is 12.3. The van der Waals surface area contributed by atoms with Crippen LogP contribution in [0.2, 0.25) is 0 Å². The minimum absolute atomic E-state index is 0.0203. The van der Waals surface area contributed by atoms with Crippen molar-refractivity contribution in [3.05, 3.63) is 59.4 Å². The summed E-state index contributed by atoms with van der Waals surface area (Å²) in [6, 6.07) is 13.0. The van der Waals surface area contributed by atoms with E-state index in [1.807, 2.05) is 37.3 Å². The fourth-order valence-electron chi connectivity index (χ4n) is 2.38. The lowest BCUT2D eigenvalue weighted by Crippen LogP contribution is -2.24. The molecule has 2 aromatic carbocycles. The van der Waals surface area contributed by atoms with Gasteiger partial charge in [-0.1, -0.05) is 22.9 Å². The number of methoxy groups -OCH3 is 2. The van der Waals surface area contributed by atoms with Crippen LogP contribution < -0.4 is 14.8 Å². The van der Waals surface area contributed by atoms with Crippen LogP contribution in [0.3, 0.4) is 0 Å². The summed E-state index contributed by atoms with van der Waals surface area (Å²) in [7, 11) is 3.14. The molecule has 1 aromatic heterocycles. The number of carbonyl (C=O) groups is 1. The third-order valence-electron chi connectivity index (χ3n) is 3.86. The molecule has 0 saturated carbocycles. The van der Waals surface area contributed by atoms with Crippen LogP contribution in [-0.2, 0) is 6.54 Å². The Morgan fingerprint density at radius 1 is 1.12 bits per heavy atom. The second-order valence-corrected chi connectivity index (χ2v) is 5.65. The molecule has 0 bridgehead atoms. The molecule has 0 spiro atoms. The Labute approximate surface area is 150 Å². The molecule has 1 N–H and O–H groups in total. The Kier molecular flexibility index (Phi) is 5.17. The number of carbonyl (C=O) groups excluding carboxylic acids is 1. The van der Waals surface area contributed by atoms with Gasteiger partial charge in [-0.15, -0.1) is 0 Å². The summed E-state index contributed by atoms with van der Waals surface area (Å²) in [5.41, 5.74) is 2.70. The van der Waals surface area contributed by atoms with Crippen molar-refractivity contribution in [3.8, 4) is 23.0 Å². The summed E-state index contributed by atoms with van der Waals surface area (Å²) < 4.78 is 15.7. The Morgan fingerprint density at radius 2 is 1.88 bits per heavy atom. The largest absolute Gasteiger partial charge is 0.497 e. The predicted octanol–water partition coefficient (Wildman–Crippen LogP) is 2.99. The van der Waals surface area contributed by atoms with Crippen molar-refractivity contribution in [2.24, 2.45) is 0 Å². The molecule has 0 fully saturated rings. The van der Waals surface area contributed by atoms with Gasteiger partial charge in [0.2, 0.25) is 0 Å². The van der Waals surface area contributed by atoms with Crippen molar-refractivity contribution in [1.29, 1.82) is 0 Å². The molecule has 0 aliphatic heterocycles. The normalized spacial score (nSPS) is 10.4. The highest BCUT2D eigenvalue weighted by Gasteiger charge is 2.16. The molecular weight excluding hydrogens is 334 g/mol. The quantitative estimate of drug-likeness (QED) is 0.733. The van der Waals surface area contributed by atoms with Crippen LogP contribution >= 0.6 is 0 Å². The van der Waals surface area contributed by atoms with E-state index in [2.05, 4.69) is 15.5 Å². The molecule has 3 aromatic rings. The first kappa shape index (κ1) is 17.5. The van der Waals surface area contributed by atoms with E-state index in [0.717, 1.165) is 16.7 Å². The summed E-state index contributed by atoms with van der Waals surface area (Å²) >= 11 is 0. The van der Waals surface area contributed by atoms with E-state index in [1.54, 1.807) is 26.4 Å². The Balaban J connectivity index is 1.68. The molecule has 7 heteroatoms. The molecule has 3 rings (SSSR count). The summed E-state index contributed by atoms with van der Waals surface area (Å²) in [6.45, 7) is 2.25. The van der Waals surface area contributed by atoms with Gasteiger partial charge in [-0.2, -0.15) is 4.98 Å². The van der Waals surface area contributed by atoms with E-state index >= 15 is 0 Å². The number of aryl methyl sites for hydroxylation is 1. The third kappa shape index (κ3) is 3.83. The van der Waals surface area contributed by atoms with Gasteiger partial charge >= 0.3 is 0 Å². The number of aromatic nitrogens is 2. The number of benzene rings is 2. The standard InChI is InChI=1S/C19H19N3O4/c1-12-4-6-13(7-5-12)19-21-17(22-26-19)18(23)20-11-14-8-9-15(24-2)10-16(14)25-3/h4-10H,11H2,1-3H3,(H,20,23). The van der Waals surface area contributed by atoms with Crippen LogP contribution in [0, 0.1) is 6.92 Å². The fourth-order valence-corrected chi connectivity index (χ4v) is 2.38. The van der Waals surface area contributed by atoms with Gasteiger partial charge < -0.3 is 19.3 Å². The Morgan fingerprint density at radius 3 is 2.58 bits per heavy atom. The molecule has 26 heavy (non-hydrogen) atoms. The maximum atomic E-state index is 12.3. The maximum Gasteiger partial charge on any atom is 0.292 e. The van der Waals surface area contributed by atoms with Gasteiger partial charge in [0.1, 0.15) is 11.5 Å². The molecule has 134 valence electrons. The van der Waals surface area contributed by atoms with Crippen LogP contribution in [0.15, 0.2) is 47.0 Å². The summed E-state index contributed by atoms with van der Waals surface area (Å²) in [5.74, 6) is 1.16. The lowest BCUT2D eigenvalue weighted by atomic mass is 10.1. The predicted molar refractivity (Wildman–Crippen MR) is 95.2 cm³/mol. The topological polar surface area (TPSA) is 86.5 Å². The molecule has 1 heterocycles. The van der Waals surface area contributed by atoms with Crippen molar-refractivity contribution in [1.82, 2.24) is 15.5 Å². The zero-order chi connectivity index (χ0) is 18.5. The van der Waals surface area contributed by atoms with Gasteiger partial charge in [-0.05, 0) is 31.2 Å². The summed E-state index contributed by atoms with van der Waals surface area (Å²) in [4.78, 5) is 16.4. The van der Waals surface area contributed by atoms with Gasteiger partial charge in [0.25, 0.3) is 17.6 Å². The van der Waals surface area contributed by atoms with Crippen molar-refractivity contribution in [2.75, 3.05) is 14.2 Å². The van der Waals surface area contributed by atoms with Crippen molar-refractivity contribution >= 4 is 5.91 Å². The molecule has 0 radical (unpaired) electrons. The zero-order valence-corrected chi connectivity index (χ0v) is 14.8. The van der Waals surface area contributed by atoms with E-state index in [1.165, 1.54) is 0 Å². The lowest BCUT2D eigenvalue weighted by molar-refractivity contribution is 0.0937. The minimum atomic E-state index is -0.426. The highest BCUT2D eigenvalue weighted by molar-refractivity contribution is 5.90. The Hall–Kier alpha value is -3.35. The van der Waals surface area contributed by atoms with Gasteiger partial charge in [0.15, 0.2) is 0 Å². The molecular formula is C19H19N3O4. The molecule has 0 atom stereocenters. The summed E-state index contributed by atoms with van der Waals surface area (Å²) in [5, 5.41) is 6.50. The van der Waals surface area contributed by atoms with Gasteiger partial charge in [-0.25, -0.2) is 0 Å². The van der Waals surface area contributed by atoms with E-state index in [9.17, 15) is 4.79 Å². The monoisotopic (exact) mass is 353 g/mol. The number of nitrogens with one attached hydrogen (secondary N) is 1. The molecule has 0 saturated heterocycles. The average Bonchev–Trinajstić information content (AvgIpc) is 3.16. The SMILES string of the molecule is COc1ccc(CNC(=O)c2noc(-c3ccc(C)cc3)n2)c(OC)c1. The minimum Gasteiger partial charge on any atom is -0.497 e. The molecule has 0 aliphatic carbocycles. The van der Waals surface area contributed by atoms with Crippen LogP contribution in [0.5, 0.6) is 11.5 Å². The Bertz CT molecular complexity index is 903. The first-order chi connectivity index (χ1) is 12.6. The average molecular weight is 353 g/mol. The fraction of sp³-hybridized carbons (Fsp3) is 0.211. The first-order valence-corrected chi connectivity index (χ1v) is 8.00. The number of rotatable bonds is 6. The third-order valence-corrected chi connectivity index (χ3v) is 3.86. The van der Waals surface area contributed by atoms with Crippen LogP contribution in [0.4, 0.5) is 0 Å². The van der Waals surface area contributed by atoms with Crippen LogP contribution in [0.25, 0.3) is 11.5 Å². The molecule has 1 amide bonds. The first-order valence-electron chi connectivity index (χ1n) is 8.00. The smallest absolute Gasteiger partial charge is 0.292 e. The second-order valence-electron chi connectivity index (χ2n) is 5.65. The summed E-state index contributed by atoms with van der Waals surface area (Å²) in [6.07, 6.45) is 0. The van der Waals surface area contributed by atoms with E-state index in [-0.39, 0.29) is 12.4 Å². The van der Waals surface area contributed by atoms with Crippen LogP contribution in [0.1, 0.15) is 21.7 Å². The van der Waals surface area contributed by atoms with Gasteiger partial charge in [-0.3, -0.25) is 4.79 Å². The number of nitrogens with zero attached hydrogens (tertiary/aromatic N) is 2. The van der Waals surface area contributed by atoms with Crippen molar-refractivity contribution < 1.29 is 18.8 Å². The number of ether oxygens (including phenoxy) is 2. The molecule has 7 nitrogen and oxygen atoms in total. The van der Waals surface area contributed by atoms with Gasteiger partial charge in [0.05, 0.1) is 14.2 Å². The molecule has 0 unspecified atom stereocenters. The number of hydrogen-bond acceptors (Lipinski definition) is 6. The van der Waals surface area contributed by atoms with E-state index in [4.69, 9.17) is 14.0 Å². The van der Waals surface area contributed by atoms with Crippen molar-refractivity contribution in [3.63, 3.8) is 0 Å². The highest BCUT2D eigenvalue weighted by Crippen LogP contribution is 2.24. The van der Waals surface area contributed by atoms with Gasteiger partial charge in [0, 0.05) is 23.7 Å². The highest BCUT2D eigenvalue weighted by atomic mass is 16.5. The van der Waals surface area contributed by atoms with Crippen LogP contribution in [-0.4, -0.2) is 30.3 Å².